The van der Waals surface area contributed by atoms with Gasteiger partial charge in [-0.05, 0) is 30.3 Å². The summed E-state index contributed by atoms with van der Waals surface area (Å²) in [7, 11) is -3.81. The summed E-state index contributed by atoms with van der Waals surface area (Å²) in [4.78, 5) is 3.51. The highest BCUT2D eigenvalue weighted by atomic mass is 32.2. The second-order valence-electron chi connectivity index (χ2n) is 3.62. The zero-order valence-electron chi connectivity index (χ0n) is 9.24. The molecule has 0 radical (unpaired) electrons. The summed E-state index contributed by atoms with van der Waals surface area (Å²) in [5, 5.41) is 9.31. The first-order valence-corrected chi connectivity index (χ1v) is 6.45. The van der Waals surface area contributed by atoms with Crippen LogP contribution in [-0.4, -0.2) is 18.5 Å². The van der Waals surface area contributed by atoms with Crippen molar-refractivity contribution in [3.8, 4) is 5.75 Å². The number of hydrogen-bond donors (Lipinski definition) is 3. The van der Waals surface area contributed by atoms with Crippen LogP contribution in [0.1, 0.15) is 0 Å². The number of benzene rings is 1. The summed E-state index contributed by atoms with van der Waals surface area (Å²) in [6.07, 6.45) is 0. The van der Waals surface area contributed by atoms with Gasteiger partial charge < -0.3 is 16.6 Å². The molecular weight excluding hydrogens is 254 g/mol. The number of nitrogen functional groups attached to an aromatic ring is 2. The molecule has 18 heavy (non-hydrogen) atoms. The molecule has 0 fully saturated rings. The molecule has 0 amide bonds. The van der Waals surface area contributed by atoms with Gasteiger partial charge >= 0.3 is 0 Å². The minimum atomic E-state index is -3.81. The Kier molecular flexibility index (Phi) is 2.84. The smallest absolute Gasteiger partial charge is 0.210 e. The molecule has 1 heterocycles. The number of aromatic hydroxyl groups is 1. The molecule has 0 saturated heterocycles. The van der Waals surface area contributed by atoms with Gasteiger partial charge in [-0.3, -0.25) is 0 Å². The highest BCUT2D eigenvalue weighted by molar-refractivity contribution is 7.91. The first-order valence-electron chi connectivity index (χ1n) is 4.97. The average Bonchev–Trinajstić information content (AvgIpc) is 2.28. The maximum Gasteiger partial charge on any atom is 0.210 e. The van der Waals surface area contributed by atoms with Crippen molar-refractivity contribution in [3.05, 3.63) is 36.4 Å². The first kappa shape index (κ1) is 12.2. The number of nitrogens with two attached hydrogens (primary N) is 2. The van der Waals surface area contributed by atoms with Crippen molar-refractivity contribution in [2.24, 2.45) is 0 Å². The van der Waals surface area contributed by atoms with Gasteiger partial charge in [-0.25, -0.2) is 13.4 Å². The molecule has 0 aliphatic carbocycles. The van der Waals surface area contributed by atoms with Gasteiger partial charge in [0.05, 0.1) is 4.90 Å². The zero-order valence-corrected chi connectivity index (χ0v) is 10.1. The third-order valence-corrected chi connectivity index (χ3v) is 4.12. The summed E-state index contributed by atoms with van der Waals surface area (Å²) in [5.74, 6) is -0.168. The van der Waals surface area contributed by atoms with Crippen LogP contribution < -0.4 is 11.5 Å². The Balaban J connectivity index is 2.62. The van der Waals surface area contributed by atoms with Crippen LogP contribution in [0.25, 0.3) is 0 Å². The predicted octanol–water partition coefficient (Wildman–Crippen LogP) is 0.784. The third kappa shape index (κ3) is 2.07. The molecule has 0 bridgehead atoms. The molecular formula is C11H11N3O3S. The van der Waals surface area contributed by atoms with Crippen LogP contribution in [0.4, 0.5) is 11.6 Å². The first-order chi connectivity index (χ1) is 8.41. The quantitative estimate of drug-likeness (QED) is 0.738. The highest BCUT2D eigenvalue weighted by Gasteiger charge is 2.21. The second-order valence-corrected chi connectivity index (χ2v) is 5.54. The molecule has 6 nitrogen and oxygen atoms in total. The molecule has 1 aromatic carbocycles. The Morgan fingerprint density at radius 2 is 1.83 bits per heavy atom. The Bertz CT molecular complexity index is 698. The van der Waals surface area contributed by atoms with Gasteiger partial charge in [0.2, 0.25) is 9.84 Å². The van der Waals surface area contributed by atoms with Gasteiger partial charge in [0, 0.05) is 0 Å². The van der Waals surface area contributed by atoms with Crippen LogP contribution in [0.5, 0.6) is 5.75 Å². The van der Waals surface area contributed by atoms with E-state index in [-0.39, 0.29) is 27.2 Å². The third-order valence-electron chi connectivity index (χ3n) is 2.32. The van der Waals surface area contributed by atoms with E-state index in [2.05, 4.69) is 4.98 Å². The fourth-order valence-electron chi connectivity index (χ4n) is 1.48. The summed E-state index contributed by atoms with van der Waals surface area (Å²) in [5.41, 5.74) is 11.0. The normalized spacial score (nSPS) is 11.3. The van der Waals surface area contributed by atoms with Crippen LogP contribution in [0, 0.1) is 0 Å². The molecule has 94 valence electrons. The molecule has 0 saturated carbocycles. The lowest BCUT2D eigenvalue weighted by atomic mass is 10.3. The van der Waals surface area contributed by atoms with E-state index in [1.807, 2.05) is 0 Å². The van der Waals surface area contributed by atoms with Crippen molar-refractivity contribution in [3.63, 3.8) is 0 Å². The second kappa shape index (κ2) is 4.19. The van der Waals surface area contributed by atoms with Crippen molar-refractivity contribution in [2.45, 2.75) is 9.79 Å². The van der Waals surface area contributed by atoms with Crippen molar-refractivity contribution in [2.75, 3.05) is 11.5 Å². The van der Waals surface area contributed by atoms with Crippen LogP contribution in [0.3, 0.4) is 0 Å². The van der Waals surface area contributed by atoms with Crippen molar-refractivity contribution in [1.82, 2.24) is 4.98 Å². The minimum absolute atomic E-state index is 0.0548. The van der Waals surface area contributed by atoms with E-state index < -0.39 is 9.84 Å². The van der Waals surface area contributed by atoms with E-state index in [9.17, 15) is 13.5 Å². The van der Waals surface area contributed by atoms with E-state index in [1.165, 1.54) is 30.3 Å². The van der Waals surface area contributed by atoms with Gasteiger partial charge in [0.15, 0.2) is 0 Å². The Morgan fingerprint density at radius 3 is 2.44 bits per heavy atom. The van der Waals surface area contributed by atoms with Crippen LogP contribution >= 0.6 is 0 Å². The van der Waals surface area contributed by atoms with Crippen LogP contribution in [-0.2, 0) is 9.84 Å². The Hall–Kier alpha value is -2.28. The number of pyridine rings is 1. The molecule has 7 heteroatoms. The van der Waals surface area contributed by atoms with Gasteiger partial charge in [-0.1, -0.05) is 6.07 Å². The number of rotatable bonds is 2. The number of sulfone groups is 1. The molecule has 1 aromatic heterocycles. The Labute approximate surface area is 104 Å². The van der Waals surface area contributed by atoms with Crippen molar-refractivity contribution < 1.29 is 13.5 Å². The monoisotopic (exact) mass is 265 g/mol. The summed E-state index contributed by atoms with van der Waals surface area (Å²) in [6, 6.07) is 7.96. The van der Waals surface area contributed by atoms with Gasteiger partial charge in [-0.15, -0.1) is 0 Å². The van der Waals surface area contributed by atoms with Gasteiger partial charge in [0.25, 0.3) is 0 Å². The maximum absolute atomic E-state index is 12.2. The van der Waals surface area contributed by atoms with Crippen LogP contribution in [0.2, 0.25) is 0 Å². The summed E-state index contributed by atoms with van der Waals surface area (Å²) in [6.45, 7) is 0. The molecule has 0 aliphatic heterocycles. The molecule has 0 atom stereocenters. The van der Waals surface area contributed by atoms with Gasteiger partial charge in [0.1, 0.15) is 22.3 Å². The van der Waals surface area contributed by atoms with E-state index in [0.29, 0.717) is 0 Å². The molecule has 0 aliphatic rings. The molecule has 2 aromatic rings. The van der Waals surface area contributed by atoms with Crippen molar-refractivity contribution in [1.29, 1.82) is 0 Å². The number of aromatic nitrogens is 1. The van der Waals surface area contributed by atoms with Crippen LogP contribution in [0.15, 0.2) is 46.2 Å². The number of anilines is 2. The number of phenolic OH excluding ortho intramolecular Hbond substituents is 1. The van der Waals surface area contributed by atoms with Crippen molar-refractivity contribution >= 4 is 21.5 Å². The summed E-state index contributed by atoms with van der Waals surface area (Å²) < 4.78 is 24.5. The lowest BCUT2D eigenvalue weighted by molar-refractivity contribution is 0.473. The van der Waals surface area contributed by atoms with E-state index in [4.69, 9.17) is 11.5 Å². The largest absolute Gasteiger partial charge is 0.508 e. The summed E-state index contributed by atoms with van der Waals surface area (Å²) >= 11 is 0. The van der Waals surface area contributed by atoms with E-state index in [0.717, 1.165) is 6.07 Å². The fourth-order valence-corrected chi connectivity index (χ4v) is 2.84. The molecule has 0 unspecified atom stereocenters. The molecule has 2 rings (SSSR count). The predicted molar refractivity (Wildman–Crippen MR) is 66.6 cm³/mol. The minimum Gasteiger partial charge on any atom is -0.508 e. The average molecular weight is 265 g/mol. The van der Waals surface area contributed by atoms with Gasteiger partial charge in [-0.2, -0.15) is 0 Å². The lowest BCUT2D eigenvalue weighted by Gasteiger charge is -2.07. The number of nitrogens with zero attached hydrogens (tertiary/aromatic N) is 1. The molecule has 0 spiro atoms. The Morgan fingerprint density at radius 1 is 1.11 bits per heavy atom. The highest BCUT2D eigenvalue weighted by Crippen LogP contribution is 2.27. The fraction of sp³-hybridized carbons (Fsp3) is 0. The van der Waals surface area contributed by atoms with E-state index >= 15 is 0 Å². The maximum atomic E-state index is 12.2. The van der Waals surface area contributed by atoms with E-state index in [1.54, 1.807) is 0 Å². The standard InChI is InChI=1S/C11H11N3O3S/c12-10-5-4-9(11(13)14-10)18(16,17)8-3-1-2-7(15)6-8/h1-6,15H,(H4,12,13,14). The SMILES string of the molecule is Nc1ccc(S(=O)(=O)c2cccc(O)c2)c(N)n1. The topological polar surface area (TPSA) is 119 Å². The lowest BCUT2D eigenvalue weighted by Crippen LogP contribution is -2.08. The molecule has 5 N–H and O–H groups in total. The number of phenols is 1. The number of hydrogen-bond acceptors (Lipinski definition) is 6. The zero-order chi connectivity index (χ0) is 13.3.